The predicted octanol–water partition coefficient (Wildman–Crippen LogP) is 1.92. The molecule has 0 fully saturated rings. The highest BCUT2D eigenvalue weighted by Crippen LogP contribution is 2.32. The fourth-order valence-corrected chi connectivity index (χ4v) is 2.61. The SMILES string of the molecule is C=CCCN(C)C(=O)c1sc2ncncc2c1N. The van der Waals surface area contributed by atoms with Gasteiger partial charge in [0.1, 0.15) is 16.0 Å². The fourth-order valence-electron chi connectivity index (χ4n) is 1.58. The fraction of sp³-hybridized carbons (Fsp3) is 0.250. The van der Waals surface area contributed by atoms with Crippen LogP contribution >= 0.6 is 11.3 Å². The van der Waals surface area contributed by atoms with E-state index in [0.29, 0.717) is 17.1 Å². The smallest absolute Gasteiger partial charge is 0.265 e. The van der Waals surface area contributed by atoms with E-state index in [-0.39, 0.29) is 5.91 Å². The summed E-state index contributed by atoms with van der Waals surface area (Å²) < 4.78 is 0. The van der Waals surface area contributed by atoms with Gasteiger partial charge in [0.05, 0.1) is 11.1 Å². The standard InChI is InChI=1S/C12H14N4OS/c1-3-4-5-16(2)12(17)10-9(13)8-6-14-7-15-11(8)18-10/h3,6-7H,1,4-5,13H2,2H3. The van der Waals surface area contributed by atoms with Crippen molar-refractivity contribution >= 4 is 33.1 Å². The number of amides is 1. The van der Waals surface area contributed by atoms with Gasteiger partial charge in [0.15, 0.2) is 0 Å². The Morgan fingerprint density at radius 2 is 2.44 bits per heavy atom. The second-order valence-electron chi connectivity index (χ2n) is 3.89. The largest absolute Gasteiger partial charge is 0.397 e. The maximum absolute atomic E-state index is 12.2. The zero-order valence-corrected chi connectivity index (χ0v) is 10.9. The first kappa shape index (κ1) is 12.5. The third kappa shape index (κ3) is 2.19. The second kappa shape index (κ2) is 5.14. The number of anilines is 1. The minimum Gasteiger partial charge on any atom is -0.397 e. The van der Waals surface area contributed by atoms with E-state index in [0.717, 1.165) is 16.6 Å². The highest BCUT2D eigenvalue weighted by molar-refractivity contribution is 7.21. The third-order valence-corrected chi connectivity index (χ3v) is 3.74. The lowest BCUT2D eigenvalue weighted by atomic mass is 10.3. The first-order valence-corrected chi connectivity index (χ1v) is 6.31. The van der Waals surface area contributed by atoms with Gasteiger partial charge in [0.25, 0.3) is 5.91 Å². The van der Waals surface area contributed by atoms with Crippen molar-refractivity contribution in [2.45, 2.75) is 6.42 Å². The van der Waals surface area contributed by atoms with Crippen LogP contribution in [0.5, 0.6) is 0 Å². The number of nitrogens with two attached hydrogens (primary N) is 1. The van der Waals surface area contributed by atoms with E-state index in [9.17, 15) is 4.79 Å². The Bertz CT molecular complexity index is 593. The number of hydrogen-bond donors (Lipinski definition) is 1. The van der Waals surface area contributed by atoms with Crippen molar-refractivity contribution in [1.82, 2.24) is 14.9 Å². The van der Waals surface area contributed by atoms with Crippen molar-refractivity contribution in [1.29, 1.82) is 0 Å². The van der Waals surface area contributed by atoms with Gasteiger partial charge in [-0.1, -0.05) is 6.08 Å². The molecule has 0 saturated carbocycles. The van der Waals surface area contributed by atoms with E-state index >= 15 is 0 Å². The van der Waals surface area contributed by atoms with E-state index in [4.69, 9.17) is 5.73 Å². The summed E-state index contributed by atoms with van der Waals surface area (Å²) in [6.45, 7) is 4.27. The van der Waals surface area contributed by atoms with E-state index < -0.39 is 0 Å². The minimum absolute atomic E-state index is 0.0858. The predicted molar refractivity (Wildman–Crippen MR) is 73.6 cm³/mol. The molecule has 0 aliphatic heterocycles. The Morgan fingerprint density at radius 3 is 3.11 bits per heavy atom. The molecule has 0 unspecified atom stereocenters. The molecule has 0 atom stereocenters. The second-order valence-corrected chi connectivity index (χ2v) is 4.89. The molecular weight excluding hydrogens is 248 g/mol. The highest BCUT2D eigenvalue weighted by Gasteiger charge is 2.19. The van der Waals surface area contributed by atoms with Gasteiger partial charge >= 0.3 is 0 Å². The average molecular weight is 262 g/mol. The van der Waals surface area contributed by atoms with Crippen LogP contribution in [0.2, 0.25) is 0 Å². The van der Waals surface area contributed by atoms with E-state index in [2.05, 4.69) is 16.5 Å². The van der Waals surface area contributed by atoms with Crippen LogP contribution in [0.4, 0.5) is 5.69 Å². The number of carbonyl (C=O) groups is 1. The molecule has 0 aliphatic rings. The number of rotatable bonds is 4. The number of carbonyl (C=O) groups excluding carboxylic acids is 1. The van der Waals surface area contributed by atoms with Crippen LogP contribution in [0.1, 0.15) is 16.1 Å². The van der Waals surface area contributed by atoms with Gasteiger partial charge in [-0.15, -0.1) is 17.9 Å². The van der Waals surface area contributed by atoms with Crippen molar-refractivity contribution in [2.24, 2.45) is 0 Å². The summed E-state index contributed by atoms with van der Waals surface area (Å²) in [6, 6.07) is 0. The van der Waals surface area contributed by atoms with Crippen LogP contribution < -0.4 is 5.73 Å². The molecule has 18 heavy (non-hydrogen) atoms. The first-order valence-electron chi connectivity index (χ1n) is 5.49. The maximum Gasteiger partial charge on any atom is 0.265 e. The van der Waals surface area contributed by atoms with Crippen LogP contribution in [0, 0.1) is 0 Å². The van der Waals surface area contributed by atoms with Gasteiger partial charge in [-0.25, -0.2) is 9.97 Å². The van der Waals surface area contributed by atoms with Gasteiger partial charge in [-0.05, 0) is 6.42 Å². The molecule has 5 nitrogen and oxygen atoms in total. The van der Waals surface area contributed by atoms with Gasteiger partial charge < -0.3 is 10.6 Å². The summed E-state index contributed by atoms with van der Waals surface area (Å²) in [5.41, 5.74) is 6.43. The molecular formula is C12H14N4OS. The van der Waals surface area contributed by atoms with Crippen LogP contribution in [-0.4, -0.2) is 34.4 Å². The van der Waals surface area contributed by atoms with Gasteiger partial charge in [0.2, 0.25) is 0 Å². The van der Waals surface area contributed by atoms with E-state index in [1.54, 1.807) is 24.2 Å². The first-order chi connectivity index (χ1) is 8.65. The van der Waals surface area contributed by atoms with Gasteiger partial charge in [-0.2, -0.15) is 0 Å². The summed E-state index contributed by atoms with van der Waals surface area (Å²) in [5, 5.41) is 0.739. The van der Waals surface area contributed by atoms with Crippen LogP contribution in [0.3, 0.4) is 0 Å². The molecule has 0 saturated heterocycles. The Labute approximate surface area is 109 Å². The molecule has 2 heterocycles. The molecule has 2 aromatic heterocycles. The highest BCUT2D eigenvalue weighted by atomic mass is 32.1. The van der Waals surface area contributed by atoms with Crippen LogP contribution in [0.15, 0.2) is 25.2 Å². The molecule has 1 amide bonds. The molecule has 0 bridgehead atoms. The Balaban J connectivity index is 2.33. The number of hydrogen-bond acceptors (Lipinski definition) is 5. The van der Waals surface area contributed by atoms with Crippen molar-refractivity contribution in [2.75, 3.05) is 19.3 Å². The van der Waals surface area contributed by atoms with Crippen LogP contribution in [0.25, 0.3) is 10.2 Å². The number of fused-ring (bicyclic) bond motifs is 1. The summed E-state index contributed by atoms with van der Waals surface area (Å²) in [6.07, 6.45) is 5.62. The van der Waals surface area contributed by atoms with Crippen molar-refractivity contribution in [3.05, 3.63) is 30.1 Å². The Hall–Kier alpha value is -1.95. The van der Waals surface area contributed by atoms with Crippen molar-refractivity contribution in [3.63, 3.8) is 0 Å². The van der Waals surface area contributed by atoms with Crippen LogP contribution in [-0.2, 0) is 0 Å². The summed E-state index contributed by atoms with van der Waals surface area (Å²) in [4.78, 5) is 23.1. The Morgan fingerprint density at radius 1 is 1.67 bits per heavy atom. The van der Waals surface area contributed by atoms with Gasteiger partial charge in [0, 0.05) is 19.8 Å². The quantitative estimate of drug-likeness (QED) is 0.854. The van der Waals surface area contributed by atoms with Gasteiger partial charge in [-0.3, -0.25) is 4.79 Å². The summed E-state index contributed by atoms with van der Waals surface area (Å²) in [7, 11) is 1.75. The van der Waals surface area contributed by atoms with E-state index in [1.807, 2.05) is 0 Å². The molecule has 2 rings (SSSR count). The number of nitrogens with zero attached hydrogens (tertiary/aromatic N) is 3. The topological polar surface area (TPSA) is 72.1 Å². The maximum atomic E-state index is 12.2. The zero-order valence-electron chi connectivity index (χ0n) is 10.1. The molecule has 94 valence electrons. The number of aromatic nitrogens is 2. The third-order valence-electron chi connectivity index (χ3n) is 2.62. The molecule has 0 aromatic carbocycles. The molecule has 0 radical (unpaired) electrons. The lowest BCUT2D eigenvalue weighted by Gasteiger charge is -2.15. The summed E-state index contributed by atoms with van der Waals surface area (Å²) in [5.74, 6) is -0.0858. The monoisotopic (exact) mass is 262 g/mol. The van der Waals surface area contributed by atoms with Crippen molar-refractivity contribution in [3.8, 4) is 0 Å². The Kier molecular flexibility index (Phi) is 3.57. The number of thiophene rings is 1. The molecule has 2 N–H and O–H groups in total. The molecule has 2 aromatic rings. The minimum atomic E-state index is -0.0858. The average Bonchev–Trinajstić information content (AvgIpc) is 2.73. The molecule has 0 aliphatic carbocycles. The van der Waals surface area contributed by atoms with Crippen molar-refractivity contribution < 1.29 is 4.79 Å². The number of nitrogen functional groups attached to an aromatic ring is 1. The molecule has 6 heteroatoms. The molecule has 0 spiro atoms. The van der Waals surface area contributed by atoms with E-state index in [1.165, 1.54) is 17.7 Å². The summed E-state index contributed by atoms with van der Waals surface area (Å²) >= 11 is 1.30. The lowest BCUT2D eigenvalue weighted by Crippen LogP contribution is -2.27. The normalized spacial score (nSPS) is 10.5. The lowest BCUT2D eigenvalue weighted by molar-refractivity contribution is 0.0803. The zero-order chi connectivity index (χ0) is 13.1.